The van der Waals surface area contributed by atoms with E-state index in [1.54, 1.807) is 12.1 Å². The first-order valence-corrected chi connectivity index (χ1v) is 5.91. The van der Waals surface area contributed by atoms with Crippen LogP contribution in [0.25, 0.3) is 0 Å². The Morgan fingerprint density at radius 2 is 2.12 bits per heavy atom. The van der Waals surface area contributed by atoms with E-state index in [4.69, 9.17) is 5.73 Å². The van der Waals surface area contributed by atoms with Gasteiger partial charge in [0.2, 0.25) is 0 Å². The zero-order chi connectivity index (χ0) is 11.7. The van der Waals surface area contributed by atoms with Crippen LogP contribution >= 0.6 is 0 Å². The maximum absolute atomic E-state index is 13.8. The molecule has 1 aromatic carbocycles. The van der Waals surface area contributed by atoms with E-state index in [0.717, 1.165) is 13.0 Å². The van der Waals surface area contributed by atoms with Gasteiger partial charge in [-0.25, -0.2) is 4.39 Å². The quantitative estimate of drug-likeness (QED) is 0.740. The minimum Gasteiger partial charge on any atom is -0.399 e. The third-order valence-corrected chi connectivity index (χ3v) is 3.65. The van der Waals surface area contributed by atoms with Crippen LogP contribution in [-0.2, 0) is 0 Å². The molecule has 1 aliphatic heterocycles. The van der Waals surface area contributed by atoms with E-state index in [1.165, 1.54) is 12.5 Å². The highest BCUT2D eigenvalue weighted by Crippen LogP contribution is 2.30. The predicted molar refractivity (Wildman–Crippen MR) is 66.0 cm³/mol. The summed E-state index contributed by atoms with van der Waals surface area (Å²) in [7, 11) is 0. The largest absolute Gasteiger partial charge is 0.399 e. The molecule has 1 aliphatic rings. The Hall–Kier alpha value is -1.25. The molecule has 0 aliphatic carbocycles. The number of anilines is 2. The van der Waals surface area contributed by atoms with Gasteiger partial charge in [0.25, 0.3) is 0 Å². The lowest BCUT2D eigenvalue weighted by Gasteiger charge is -2.39. The number of hydrogen-bond donors (Lipinski definition) is 1. The van der Waals surface area contributed by atoms with E-state index in [0.29, 0.717) is 23.3 Å². The number of halogens is 1. The summed E-state index contributed by atoms with van der Waals surface area (Å²) in [5.41, 5.74) is 6.73. The van der Waals surface area contributed by atoms with Crippen molar-refractivity contribution in [3.63, 3.8) is 0 Å². The van der Waals surface area contributed by atoms with Gasteiger partial charge in [-0.1, -0.05) is 6.92 Å². The Bertz CT molecular complexity index is 378. The topological polar surface area (TPSA) is 29.3 Å². The van der Waals surface area contributed by atoms with Crippen LogP contribution in [0.2, 0.25) is 0 Å². The average Bonchev–Trinajstić information content (AvgIpc) is 2.23. The van der Waals surface area contributed by atoms with Gasteiger partial charge < -0.3 is 10.6 Å². The highest BCUT2D eigenvalue weighted by atomic mass is 19.1. The van der Waals surface area contributed by atoms with Gasteiger partial charge in [0.15, 0.2) is 0 Å². The second-order valence-electron chi connectivity index (χ2n) is 4.76. The van der Waals surface area contributed by atoms with Crippen molar-refractivity contribution < 1.29 is 4.39 Å². The van der Waals surface area contributed by atoms with Gasteiger partial charge in [-0.15, -0.1) is 0 Å². The summed E-state index contributed by atoms with van der Waals surface area (Å²) in [6, 6.07) is 5.36. The maximum atomic E-state index is 13.8. The number of hydrogen-bond acceptors (Lipinski definition) is 2. The van der Waals surface area contributed by atoms with Crippen molar-refractivity contribution >= 4 is 11.4 Å². The first kappa shape index (κ1) is 11.2. The van der Waals surface area contributed by atoms with Crippen molar-refractivity contribution in [3.05, 3.63) is 24.0 Å². The summed E-state index contributed by atoms with van der Waals surface area (Å²) in [6.07, 6.45) is 2.36. The summed E-state index contributed by atoms with van der Waals surface area (Å²) in [5, 5.41) is 0. The maximum Gasteiger partial charge on any atom is 0.148 e. The number of nitrogens with zero attached hydrogens (tertiary/aromatic N) is 1. The summed E-state index contributed by atoms with van der Waals surface area (Å²) >= 11 is 0. The van der Waals surface area contributed by atoms with Crippen LogP contribution in [0.1, 0.15) is 26.7 Å². The number of benzene rings is 1. The smallest absolute Gasteiger partial charge is 0.148 e. The lowest BCUT2D eigenvalue weighted by atomic mass is 9.91. The van der Waals surface area contributed by atoms with Gasteiger partial charge in [0.05, 0.1) is 5.69 Å². The van der Waals surface area contributed by atoms with Crippen LogP contribution in [0.4, 0.5) is 15.8 Å². The molecule has 1 fully saturated rings. The summed E-state index contributed by atoms with van der Waals surface area (Å²) in [4.78, 5) is 2.16. The molecular weight excluding hydrogens is 203 g/mol. The molecule has 0 spiro atoms. The van der Waals surface area contributed by atoms with Crippen LogP contribution in [0.15, 0.2) is 18.2 Å². The molecule has 1 aromatic rings. The minimum atomic E-state index is -0.207. The van der Waals surface area contributed by atoms with E-state index in [2.05, 4.69) is 18.7 Å². The fourth-order valence-corrected chi connectivity index (χ4v) is 2.43. The van der Waals surface area contributed by atoms with Crippen molar-refractivity contribution in [2.75, 3.05) is 17.2 Å². The van der Waals surface area contributed by atoms with E-state index < -0.39 is 0 Å². The monoisotopic (exact) mass is 222 g/mol. The third kappa shape index (κ3) is 1.99. The lowest BCUT2D eigenvalue weighted by molar-refractivity contribution is 0.360. The first-order valence-electron chi connectivity index (χ1n) is 5.91. The molecule has 1 saturated heterocycles. The second-order valence-corrected chi connectivity index (χ2v) is 4.76. The van der Waals surface area contributed by atoms with E-state index in [-0.39, 0.29) is 5.82 Å². The number of nitrogen functional groups attached to an aromatic ring is 1. The van der Waals surface area contributed by atoms with E-state index >= 15 is 0 Å². The van der Waals surface area contributed by atoms with E-state index in [1.807, 2.05) is 0 Å². The highest BCUT2D eigenvalue weighted by molar-refractivity contribution is 5.55. The first-order chi connectivity index (χ1) is 7.59. The molecule has 16 heavy (non-hydrogen) atoms. The van der Waals surface area contributed by atoms with Gasteiger partial charge in [0.1, 0.15) is 5.82 Å². The van der Waals surface area contributed by atoms with Crippen molar-refractivity contribution in [1.82, 2.24) is 0 Å². The van der Waals surface area contributed by atoms with Crippen LogP contribution in [0.5, 0.6) is 0 Å². The zero-order valence-corrected chi connectivity index (χ0v) is 9.91. The Balaban J connectivity index is 2.29. The Kier molecular flexibility index (Phi) is 3.03. The Morgan fingerprint density at radius 3 is 2.81 bits per heavy atom. The highest BCUT2D eigenvalue weighted by Gasteiger charge is 2.26. The third-order valence-electron chi connectivity index (χ3n) is 3.65. The van der Waals surface area contributed by atoms with Crippen LogP contribution in [0, 0.1) is 11.7 Å². The van der Waals surface area contributed by atoms with Gasteiger partial charge in [-0.05, 0) is 43.9 Å². The Labute approximate surface area is 96.2 Å². The molecule has 0 radical (unpaired) electrons. The number of rotatable bonds is 1. The van der Waals surface area contributed by atoms with Crippen LogP contribution < -0.4 is 10.6 Å². The molecule has 0 saturated carbocycles. The van der Waals surface area contributed by atoms with E-state index in [9.17, 15) is 4.39 Å². The molecule has 0 amide bonds. The second kappa shape index (κ2) is 4.32. The van der Waals surface area contributed by atoms with Crippen molar-refractivity contribution in [1.29, 1.82) is 0 Å². The predicted octanol–water partition coefficient (Wildman–Crippen LogP) is 3.03. The summed E-state index contributed by atoms with van der Waals surface area (Å²) < 4.78 is 13.8. The van der Waals surface area contributed by atoms with Gasteiger partial charge in [-0.2, -0.15) is 0 Å². The Morgan fingerprint density at radius 1 is 1.38 bits per heavy atom. The number of piperidine rings is 1. The lowest BCUT2D eigenvalue weighted by Crippen LogP contribution is -2.42. The molecular formula is C13H19FN2. The minimum absolute atomic E-state index is 0.207. The molecule has 2 rings (SSSR count). The van der Waals surface area contributed by atoms with Crippen molar-refractivity contribution in [2.45, 2.75) is 32.7 Å². The molecule has 0 bridgehead atoms. The number of nitrogens with two attached hydrogens (primary N) is 1. The molecule has 3 heteroatoms. The average molecular weight is 222 g/mol. The van der Waals surface area contributed by atoms with Crippen LogP contribution in [-0.4, -0.2) is 12.6 Å². The molecule has 2 nitrogen and oxygen atoms in total. The molecule has 2 atom stereocenters. The SMILES string of the molecule is CC1CCCN(c2ccc(N)cc2F)C1C. The van der Waals surface area contributed by atoms with Crippen molar-refractivity contribution in [3.8, 4) is 0 Å². The summed E-state index contributed by atoms with van der Waals surface area (Å²) in [5.74, 6) is 0.409. The van der Waals surface area contributed by atoms with Crippen molar-refractivity contribution in [2.24, 2.45) is 5.92 Å². The van der Waals surface area contributed by atoms with Gasteiger partial charge in [-0.3, -0.25) is 0 Å². The van der Waals surface area contributed by atoms with Gasteiger partial charge >= 0.3 is 0 Å². The van der Waals surface area contributed by atoms with Crippen LogP contribution in [0.3, 0.4) is 0 Å². The molecule has 1 heterocycles. The zero-order valence-electron chi connectivity index (χ0n) is 9.91. The molecule has 88 valence electrons. The van der Waals surface area contributed by atoms with Gasteiger partial charge in [0, 0.05) is 18.3 Å². The normalized spacial score (nSPS) is 25.8. The summed E-state index contributed by atoms with van der Waals surface area (Å²) in [6.45, 7) is 5.33. The molecule has 2 N–H and O–H groups in total. The standard InChI is InChI=1S/C13H19FN2/c1-9-4-3-7-16(10(9)2)13-6-5-11(15)8-12(13)14/h5-6,8-10H,3-4,7,15H2,1-2H3. The fourth-order valence-electron chi connectivity index (χ4n) is 2.43. The molecule has 0 aromatic heterocycles. The molecule has 2 unspecified atom stereocenters. The fraction of sp³-hybridized carbons (Fsp3) is 0.538.